The molecule has 4 aromatic rings. The van der Waals surface area contributed by atoms with Gasteiger partial charge in [0.1, 0.15) is 16.1 Å². The molecule has 0 aliphatic rings. The van der Waals surface area contributed by atoms with Crippen LogP contribution in [0.15, 0.2) is 70.3 Å². The molecule has 9 heteroatoms. The summed E-state index contributed by atoms with van der Waals surface area (Å²) in [4.78, 5) is 20.7. The van der Waals surface area contributed by atoms with Crippen LogP contribution >= 0.6 is 11.3 Å². The van der Waals surface area contributed by atoms with Crippen molar-refractivity contribution in [2.24, 2.45) is 5.92 Å². The number of sulfonamides is 1. The second kappa shape index (κ2) is 8.62. The first-order chi connectivity index (χ1) is 14.8. The Hall–Kier alpha value is -3.01. The molecular weight excluding hydrogens is 432 g/mol. The highest BCUT2D eigenvalue weighted by Gasteiger charge is 2.29. The summed E-state index contributed by atoms with van der Waals surface area (Å²) >= 11 is 1.11. The molecule has 0 spiro atoms. The minimum absolute atomic E-state index is 0.182. The molecule has 4 rings (SSSR count). The van der Waals surface area contributed by atoms with Gasteiger partial charge < -0.3 is 10.3 Å². The van der Waals surface area contributed by atoms with Gasteiger partial charge in [0.25, 0.3) is 10.0 Å². The van der Waals surface area contributed by atoms with Gasteiger partial charge >= 0.3 is 0 Å². The Kier molecular flexibility index (Phi) is 5.90. The lowest BCUT2D eigenvalue weighted by atomic mass is 10.0. The smallest absolute Gasteiger partial charge is 0.250 e. The fourth-order valence-corrected chi connectivity index (χ4v) is 5.51. The van der Waals surface area contributed by atoms with E-state index in [2.05, 4.69) is 20.0 Å². The van der Waals surface area contributed by atoms with Gasteiger partial charge in [-0.3, -0.25) is 4.79 Å². The number of nitrogens with zero attached hydrogens (tertiary/aromatic N) is 1. The number of hydrogen-bond donors (Lipinski definition) is 3. The molecule has 7 nitrogen and oxygen atoms in total. The number of amides is 1. The summed E-state index contributed by atoms with van der Waals surface area (Å²) in [6, 6.07) is 17.3. The van der Waals surface area contributed by atoms with E-state index in [4.69, 9.17) is 0 Å². The first-order valence-electron chi connectivity index (χ1n) is 9.75. The molecule has 0 saturated carbocycles. The first-order valence-corrected chi connectivity index (χ1v) is 12.1. The zero-order chi connectivity index (χ0) is 22.0. The van der Waals surface area contributed by atoms with E-state index < -0.39 is 22.0 Å². The first kappa shape index (κ1) is 21.2. The van der Waals surface area contributed by atoms with Gasteiger partial charge in [-0.15, -0.1) is 11.3 Å². The quantitative estimate of drug-likeness (QED) is 0.389. The lowest BCUT2D eigenvalue weighted by molar-refractivity contribution is -0.118. The van der Waals surface area contributed by atoms with E-state index in [1.807, 2.05) is 36.4 Å². The molecule has 2 aromatic carbocycles. The minimum Gasteiger partial charge on any atom is -0.338 e. The molecule has 0 fully saturated rings. The molecule has 1 unspecified atom stereocenters. The van der Waals surface area contributed by atoms with Crippen LogP contribution in [0.3, 0.4) is 0 Å². The van der Waals surface area contributed by atoms with Crippen molar-refractivity contribution in [1.82, 2.24) is 14.7 Å². The molecule has 0 aliphatic carbocycles. The topological polar surface area (TPSA) is 104 Å². The Morgan fingerprint density at radius 2 is 1.77 bits per heavy atom. The van der Waals surface area contributed by atoms with Gasteiger partial charge in [-0.2, -0.15) is 4.72 Å². The van der Waals surface area contributed by atoms with Crippen molar-refractivity contribution < 1.29 is 13.2 Å². The summed E-state index contributed by atoms with van der Waals surface area (Å²) in [6.07, 6.45) is 0. The molecular formula is C22H22N4O3S2. The van der Waals surface area contributed by atoms with Crippen molar-refractivity contribution in [3.05, 3.63) is 66.0 Å². The highest BCUT2D eigenvalue weighted by Crippen LogP contribution is 2.23. The summed E-state index contributed by atoms with van der Waals surface area (Å²) in [5, 5.41) is 4.49. The number of fused-ring (bicyclic) bond motifs is 1. The highest BCUT2D eigenvalue weighted by atomic mass is 32.2. The lowest BCUT2D eigenvalue weighted by Gasteiger charge is -2.21. The maximum atomic E-state index is 12.8. The fourth-order valence-electron chi connectivity index (χ4n) is 3.15. The van der Waals surface area contributed by atoms with Crippen LogP contribution in [-0.4, -0.2) is 30.3 Å². The maximum absolute atomic E-state index is 12.8. The van der Waals surface area contributed by atoms with E-state index in [9.17, 15) is 13.2 Å². The van der Waals surface area contributed by atoms with Crippen LogP contribution in [0.25, 0.3) is 22.4 Å². The number of aromatic amines is 1. The molecule has 1 atom stereocenters. The molecule has 2 aromatic heterocycles. The number of anilines is 1. The molecule has 31 heavy (non-hydrogen) atoms. The van der Waals surface area contributed by atoms with E-state index in [1.54, 1.807) is 37.4 Å². The molecule has 0 saturated heterocycles. The van der Waals surface area contributed by atoms with Crippen molar-refractivity contribution >= 4 is 44.0 Å². The summed E-state index contributed by atoms with van der Waals surface area (Å²) < 4.78 is 27.8. The number of aromatic nitrogens is 2. The monoisotopic (exact) mass is 454 g/mol. The normalized spacial score (nSPS) is 12.9. The van der Waals surface area contributed by atoms with Crippen LogP contribution in [0.1, 0.15) is 13.8 Å². The number of imidazole rings is 1. The van der Waals surface area contributed by atoms with Crippen molar-refractivity contribution in [2.45, 2.75) is 24.1 Å². The van der Waals surface area contributed by atoms with E-state index in [1.165, 1.54) is 6.07 Å². The van der Waals surface area contributed by atoms with Crippen LogP contribution in [0, 0.1) is 5.92 Å². The summed E-state index contributed by atoms with van der Waals surface area (Å²) in [6.45, 7) is 3.59. The van der Waals surface area contributed by atoms with Gasteiger partial charge in [-0.05, 0) is 53.8 Å². The third kappa shape index (κ3) is 4.68. The predicted octanol–water partition coefficient (Wildman–Crippen LogP) is 4.23. The molecule has 3 N–H and O–H groups in total. The van der Waals surface area contributed by atoms with Gasteiger partial charge in [0.15, 0.2) is 0 Å². The van der Waals surface area contributed by atoms with Crippen molar-refractivity contribution in [3.8, 4) is 11.4 Å². The number of thiophene rings is 1. The number of carbonyl (C=O) groups is 1. The number of nitrogens with one attached hydrogen (secondary N) is 3. The Balaban J connectivity index is 1.48. The number of H-pyrrole nitrogens is 1. The fraction of sp³-hybridized carbons (Fsp3) is 0.182. The summed E-state index contributed by atoms with van der Waals surface area (Å²) in [7, 11) is -3.76. The van der Waals surface area contributed by atoms with Crippen molar-refractivity contribution in [1.29, 1.82) is 0 Å². The second-order valence-corrected chi connectivity index (χ2v) is 10.3. The van der Waals surface area contributed by atoms with Crippen LogP contribution < -0.4 is 10.0 Å². The standard InChI is InChI=1S/C22H22N4O3S2/c1-14(2)20(26-31(28,29)19-8-5-13-30-19)22(27)23-16-11-9-15(10-12-16)21-24-17-6-3-4-7-18(17)25-21/h3-14,20,26H,1-2H3,(H,23,27)(H,24,25). The third-order valence-electron chi connectivity index (χ3n) is 4.81. The highest BCUT2D eigenvalue weighted by molar-refractivity contribution is 7.91. The molecule has 1 amide bonds. The zero-order valence-electron chi connectivity index (χ0n) is 17.0. The van der Waals surface area contributed by atoms with Crippen molar-refractivity contribution in [2.75, 3.05) is 5.32 Å². The van der Waals surface area contributed by atoms with Crippen LogP contribution in [0.5, 0.6) is 0 Å². The number of benzene rings is 2. The summed E-state index contributed by atoms with van der Waals surface area (Å²) in [5.74, 6) is 0.0963. The second-order valence-electron chi connectivity index (χ2n) is 7.44. The van der Waals surface area contributed by atoms with Gasteiger partial charge in [0, 0.05) is 11.3 Å². The largest absolute Gasteiger partial charge is 0.338 e. The lowest BCUT2D eigenvalue weighted by Crippen LogP contribution is -2.46. The van der Waals surface area contributed by atoms with E-state index in [-0.39, 0.29) is 10.1 Å². The molecule has 0 radical (unpaired) electrons. The molecule has 2 heterocycles. The van der Waals surface area contributed by atoms with Crippen LogP contribution in [0.2, 0.25) is 0 Å². The summed E-state index contributed by atoms with van der Waals surface area (Å²) in [5.41, 5.74) is 3.29. The number of para-hydroxylation sites is 2. The molecule has 0 bridgehead atoms. The number of hydrogen-bond acceptors (Lipinski definition) is 5. The average molecular weight is 455 g/mol. The van der Waals surface area contributed by atoms with E-state index in [0.29, 0.717) is 5.69 Å². The van der Waals surface area contributed by atoms with E-state index in [0.717, 1.165) is 33.8 Å². The minimum atomic E-state index is -3.76. The van der Waals surface area contributed by atoms with Crippen molar-refractivity contribution in [3.63, 3.8) is 0 Å². The predicted molar refractivity (Wildman–Crippen MR) is 123 cm³/mol. The van der Waals surface area contributed by atoms with Gasteiger partial charge in [0.2, 0.25) is 5.91 Å². The van der Waals surface area contributed by atoms with Crippen LogP contribution in [0.4, 0.5) is 5.69 Å². The SMILES string of the molecule is CC(C)C(NS(=O)(=O)c1cccs1)C(=O)Nc1ccc(-c2nc3ccccc3[nH]2)cc1. The molecule has 160 valence electrons. The Morgan fingerprint density at radius 1 is 1.03 bits per heavy atom. The van der Waals surface area contributed by atoms with Gasteiger partial charge in [-0.25, -0.2) is 13.4 Å². The van der Waals surface area contributed by atoms with Gasteiger partial charge in [0.05, 0.1) is 11.0 Å². The Labute approximate surface area is 184 Å². The van der Waals surface area contributed by atoms with E-state index >= 15 is 0 Å². The Bertz CT molecular complexity index is 1260. The third-order valence-corrected chi connectivity index (χ3v) is 7.64. The zero-order valence-corrected chi connectivity index (χ0v) is 18.6. The molecule has 0 aliphatic heterocycles. The average Bonchev–Trinajstić information content (AvgIpc) is 3.42. The van der Waals surface area contributed by atoms with Crippen LogP contribution in [-0.2, 0) is 14.8 Å². The number of carbonyl (C=O) groups excluding carboxylic acids is 1. The van der Waals surface area contributed by atoms with Gasteiger partial charge in [-0.1, -0.05) is 32.0 Å². The maximum Gasteiger partial charge on any atom is 0.250 e. The number of rotatable bonds is 7. The Morgan fingerprint density at radius 3 is 2.42 bits per heavy atom.